The molecule has 29 heavy (non-hydrogen) atoms. The van der Waals surface area contributed by atoms with Crippen molar-refractivity contribution in [1.82, 2.24) is 20.2 Å². The highest BCUT2D eigenvalue weighted by atomic mass is 32.2. The lowest BCUT2D eigenvalue weighted by Gasteiger charge is -2.08. The van der Waals surface area contributed by atoms with Gasteiger partial charge in [0, 0.05) is 11.3 Å². The molecule has 0 radical (unpaired) electrons. The molecule has 8 nitrogen and oxygen atoms in total. The molecule has 9 heteroatoms. The normalized spacial score (nSPS) is 10.9. The number of benzene rings is 2. The van der Waals surface area contributed by atoms with Crippen molar-refractivity contribution in [3.8, 4) is 17.2 Å². The van der Waals surface area contributed by atoms with Gasteiger partial charge in [-0.1, -0.05) is 30.0 Å². The number of thioether (sulfide) groups is 1. The van der Waals surface area contributed by atoms with Crippen LogP contribution in [0.2, 0.25) is 0 Å². The minimum absolute atomic E-state index is 0.150. The molecule has 0 aliphatic carbocycles. The summed E-state index contributed by atoms with van der Waals surface area (Å²) in [4.78, 5) is 12.2. The Morgan fingerprint density at radius 2 is 1.97 bits per heavy atom. The molecule has 0 unspecified atom stereocenters. The van der Waals surface area contributed by atoms with E-state index < -0.39 is 0 Å². The Labute approximate surface area is 172 Å². The predicted molar refractivity (Wildman–Crippen MR) is 112 cm³/mol. The molecular formula is C20H21N5O3S. The fraction of sp³-hybridized carbons (Fsp3) is 0.200. The first kappa shape index (κ1) is 20.4. The van der Waals surface area contributed by atoms with Crippen LogP contribution in [0.4, 0.5) is 0 Å². The highest BCUT2D eigenvalue weighted by Crippen LogP contribution is 2.23. The number of carbonyl (C=O) groups excluding carboxylic acids is 1. The summed E-state index contributed by atoms with van der Waals surface area (Å²) >= 11 is 1.29. The highest BCUT2D eigenvalue weighted by molar-refractivity contribution is 7.99. The van der Waals surface area contributed by atoms with Crippen molar-refractivity contribution in [2.45, 2.75) is 12.1 Å². The van der Waals surface area contributed by atoms with Gasteiger partial charge < -0.3 is 9.47 Å². The second-order valence-corrected chi connectivity index (χ2v) is 6.83. The molecule has 0 saturated heterocycles. The van der Waals surface area contributed by atoms with E-state index in [1.807, 2.05) is 41.8 Å². The molecule has 3 aromatic rings. The van der Waals surface area contributed by atoms with Crippen molar-refractivity contribution >= 4 is 23.9 Å². The van der Waals surface area contributed by atoms with E-state index in [9.17, 15) is 4.79 Å². The van der Waals surface area contributed by atoms with Crippen LogP contribution >= 0.6 is 11.8 Å². The van der Waals surface area contributed by atoms with Crippen LogP contribution in [0.25, 0.3) is 5.69 Å². The Bertz CT molecular complexity index is 1000. The number of amides is 1. The minimum atomic E-state index is -0.256. The monoisotopic (exact) mass is 411 g/mol. The summed E-state index contributed by atoms with van der Waals surface area (Å²) in [5.41, 5.74) is 4.15. The molecule has 0 aliphatic heterocycles. The van der Waals surface area contributed by atoms with Gasteiger partial charge in [-0.15, -0.1) is 10.2 Å². The van der Waals surface area contributed by atoms with Crippen LogP contribution in [-0.2, 0) is 4.79 Å². The maximum absolute atomic E-state index is 12.2. The van der Waals surface area contributed by atoms with Gasteiger partial charge in [0.2, 0.25) is 0 Å². The molecule has 150 valence electrons. The predicted octanol–water partition coefficient (Wildman–Crippen LogP) is 2.84. The third-order valence-corrected chi connectivity index (χ3v) is 4.90. The number of rotatable bonds is 8. The fourth-order valence-corrected chi connectivity index (χ4v) is 3.38. The lowest BCUT2D eigenvalue weighted by molar-refractivity contribution is -0.118. The molecule has 0 atom stereocenters. The van der Waals surface area contributed by atoms with E-state index in [2.05, 4.69) is 20.7 Å². The average molecular weight is 411 g/mol. The fourth-order valence-electron chi connectivity index (χ4n) is 2.59. The van der Waals surface area contributed by atoms with Crippen molar-refractivity contribution in [3.63, 3.8) is 0 Å². The van der Waals surface area contributed by atoms with Gasteiger partial charge in [-0.3, -0.25) is 9.36 Å². The van der Waals surface area contributed by atoms with Crippen LogP contribution in [0.1, 0.15) is 11.4 Å². The third-order valence-electron chi connectivity index (χ3n) is 3.97. The topological polar surface area (TPSA) is 90.6 Å². The number of nitrogens with one attached hydrogen (secondary N) is 1. The van der Waals surface area contributed by atoms with Crippen LogP contribution in [0.5, 0.6) is 11.5 Å². The zero-order valence-electron chi connectivity index (χ0n) is 16.3. The van der Waals surface area contributed by atoms with Crippen LogP contribution < -0.4 is 14.9 Å². The van der Waals surface area contributed by atoms with E-state index in [-0.39, 0.29) is 11.7 Å². The summed E-state index contributed by atoms with van der Waals surface area (Å²) in [7, 11) is 3.15. The summed E-state index contributed by atoms with van der Waals surface area (Å²) in [5, 5.41) is 12.9. The molecule has 1 aromatic heterocycles. The summed E-state index contributed by atoms with van der Waals surface area (Å²) in [6.45, 7) is 1.87. The zero-order chi connectivity index (χ0) is 20.6. The number of hydrazone groups is 1. The van der Waals surface area contributed by atoms with Gasteiger partial charge in [-0.05, 0) is 37.3 Å². The number of methoxy groups -OCH3 is 2. The van der Waals surface area contributed by atoms with Crippen LogP contribution in [0, 0.1) is 6.92 Å². The van der Waals surface area contributed by atoms with Crippen LogP contribution in [0.15, 0.2) is 58.8 Å². The van der Waals surface area contributed by atoms with Crippen molar-refractivity contribution < 1.29 is 14.3 Å². The maximum atomic E-state index is 12.2. The number of aryl methyl sites for hydroxylation is 1. The molecule has 0 bridgehead atoms. The van der Waals surface area contributed by atoms with Gasteiger partial charge in [-0.25, -0.2) is 5.43 Å². The summed E-state index contributed by atoms with van der Waals surface area (Å²) in [5.74, 6) is 1.95. The van der Waals surface area contributed by atoms with Crippen molar-refractivity contribution in [1.29, 1.82) is 0 Å². The molecule has 0 aliphatic rings. The molecule has 3 rings (SSSR count). The lowest BCUT2D eigenvalue weighted by Crippen LogP contribution is -2.20. The number of hydrogen-bond donors (Lipinski definition) is 1. The highest BCUT2D eigenvalue weighted by Gasteiger charge is 2.13. The van der Waals surface area contributed by atoms with Crippen LogP contribution in [-0.4, -0.2) is 46.9 Å². The molecule has 0 spiro atoms. The smallest absolute Gasteiger partial charge is 0.250 e. The van der Waals surface area contributed by atoms with E-state index in [4.69, 9.17) is 9.47 Å². The zero-order valence-corrected chi connectivity index (χ0v) is 17.1. The van der Waals surface area contributed by atoms with Gasteiger partial charge in [0.15, 0.2) is 5.16 Å². The second kappa shape index (κ2) is 9.74. The number of para-hydroxylation sites is 1. The summed E-state index contributed by atoms with van der Waals surface area (Å²) in [6, 6.07) is 15.1. The average Bonchev–Trinajstić information content (AvgIpc) is 3.13. The van der Waals surface area contributed by atoms with Crippen molar-refractivity contribution in [3.05, 3.63) is 59.9 Å². The van der Waals surface area contributed by atoms with Gasteiger partial charge in [0.05, 0.1) is 26.2 Å². The van der Waals surface area contributed by atoms with E-state index in [1.54, 1.807) is 32.4 Å². The Morgan fingerprint density at radius 3 is 2.69 bits per heavy atom. The van der Waals surface area contributed by atoms with Gasteiger partial charge in [0.1, 0.15) is 17.3 Å². The molecule has 1 heterocycles. The number of hydrogen-bond acceptors (Lipinski definition) is 7. The molecule has 2 aromatic carbocycles. The first-order valence-electron chi connectivity index (χ1n) is 8.76. The Kier molecular flexibility index (Phi) is 6.85. The Hall–Kier alpha value is -3.33. The van der Waals surface area contributed by atoms with Gasteiger partial charge in [-0.2, -0.15) is 5.10 Å². The maximum Gasteiger partial charge on any atom is 0.250 e. The van der Waals surface area contributed by atoms with Gasteiger partial charge >= 0.3 is 0 Å². The standard InChI is InChI=1S/C20H21N5O3S/c1-14-22-24-20(25(14)16-7-5-4-6-8-16)29-13-19(26)23-21-12-15-11-17(27-2)9-10-18(15)28-3/h4-12H,13H2,1-3H3,(H,23,26)/b21-12-. The van der Waals surface area contributed by atoms with Crippen molar-refractivity contribution in [2.75, 3.05) is 20.0 Å². The number of ether oxygens (including phenoxy) is 2. The third kappa shape index (κ3) is 5.14. The molecular weight excluding hydrogens is 390 g/mol. The minimum Gasteiger partial charge on any atom is -0.497 e. The van der Waals surface area contributed by atoms with Gasteiger partial charge in [0.25, 0.3) is 5.91 Å². The number of aromatic nitrogens is 3. The second-order valence-electron chi connectivity index (χ2n) is 5.89. The number of carbonyl (C=O) groups is 1. The summed E-state index contributed by atoms with van der Waals surface area (Å²) in [6.07, 6.45) is 1.51. The summed E-state index contributed by atoms with van der Waals surface area (Å²) < 4.78 is 12.4. The number of nitrogens with zero attached hydrogens (tertiary/aromatic N) is 4. The van der Waals surface area contributed by atoms with E-state index in [0.29, 0.717) is 22.2 Å². The lowest BCUT2D eigenvalue weighted by atomic mass is 10.2. The quantitative estimate of drug-likeness (QED) is 0.348. The van der Waals surface area contributed by atoms with E-state index in [1.165, 1.54) is 18.0 Å². The molecule has 0 saturated carbocycles. The molecule has 0 fully saturated rings. The SMILES string of the molecule is COc1ccc(OC)c(/C=N\NC(=O)CSc2nnc(C)n2-c2ccccc2)c1. The first-order chi connectivity index (χ1) is 14.1. The van der Waals surface area contributed by atoms with E-state index in [0.717, 1.165) is 11.5 Å². The molecule has 1 amide bonds. The van der Waals surface area contributed by atoms with Crippen molar-refractivity contribution in [2.24, 2.45) is 5.10 Å². The molecule has 1 N–H and O–H groups in total. The first-order valence-corrected chi connectivity index (χ1v) is 9.75. The Balaban J connectivity index is 1.61. The van der Waals surface area contributed by atoms with Crippen LogP contribution in [0.3, 0.4) is 0 Å². The van der Waals surface area contributed by atoms with E-state index >= 15 is 0 Å². The largest absolute Gasteiger partial charge is 0.497 e. The Morgan fingerprint density at radius 1 is 1.17 bits per heavy atom.